The normalized spacial score (nSPS) is 10.0. The molecule has 0 fully saturated rings. The molecule has 7 nitrogen and oxygen atoms in total. The molecule has 0 aliphatic carbocycles. The Hall–Kier alpha value is -2.83. The van der Waals surface area contributed by atoms with Crippen molar-refractivity contribution in [2.45, 2.75) is 0 Å². The Balaban J connectivity index is 2.22. The average Bonchev–Trinajstić information content (AvgIpc) is 2.85. The van der Waals surface area contributed by atoms with Crippen LogP contribution in [-0.2, 0) is 0 Å². The topological polar surface area (TPSA) is 115 Å². The number of anilines is 1. The smallest absolute Gasteiger partial charge is 0.339 e. The van der Waals surface area contributed by atoms with Crippen LogP contribution in [0.15, 0.2) is 30.7 Å². The second-order valence-electron chi connectivity index (χ2n) is 3.46. The maximum atomic E-state index is 11.6. The van der Waals surface area contributed by atoms with E-state index in [2.05, 4.69) is 15.3 Å². The summed E-state index contributed by atoms with van der Waals surface area (Å²) in [6.07, 6.45) is 2.70. The second-order valence-corrected chi connectivity index (χ2v) is 3.46. The summed E-state index contributed by atoms with van der Waals surface area (Å²) in [4.78, 5) is 28.8. The summed E-state index contributed by atoms with van der Waals surface area (Å²) in [5.74, 6) is -2.08. The standard InChI is InChI=1S/C11H9N3O4/c15-9-2-1-6(3-7(9)11(17)18)14-10(16)8-4-12-5-13-8/h1-5,15H,(H,12,13)(H,14,16)(H,17,18). The highest BCUT2D eigenvalue weighted by atomic mass is 16.4. The lowest BCUT2D eigenvalue weighted by Gasteiger charge is -2.05. The fourth-order valence-corrected chi connectivity index (χ4v) is 1.36. The van der Waals surface area contributed by atoms with Crippen LogP contribution in [0.3, 0.4) is 0 Å². The first-order valence-corrected chi connectivity index (χ1v) is 4.94. The summed E-state index contributed by atoms with van der Waals surface area (Å²) in [6.45, 7) is 0. The molecule has 4 N–H and O–H groups in total. The zero-order chi connectivity index (χ0) is 13.1. The van der Waals surface area contributed by atoms with E-state index in [1.165, 1.54) is 30.7 Å². The molecule has 1 aromatic carbocycles. The minimum atomic E-state index is -1.27. The number of aromatic amines is 1. The molecule has 92 valence electrons. The number of carbonyl (C=O) groups is 2. The summed E-state index contributed by atoms with van der Waals surface area (Å²) in [7, 11) is 0. The highest BCUT2D eigenvalue weighted by Crippen LogP contribution is 2.21. The van der Waals surface area contributed by atoms with Crippen molar-refractivity contribution in [2.24, 2.45) is 0 Å². The lowest BCUT2D eigenvalue weighted by molar-refractivity contribution is 0.0693. The molecule has 0 aliphatic heterocycles. The maximum Gasteiger partial charge on any atom is 0.339 e. The quantitative estimate of drug-likeness (QED) is 0.605. The average molecular weight is 247 g/mol. The van der Waals surface area contributed by atoms with Crippen LogP contribution >= 0.6 is 0 Å². The van der Waals surface area contributed by atoms with Crippen LogP contribution in [0.5, 0.6) is 5.75 Å². The fraction of sp³-hybridized carbons (Fsp3) is 0. The Morgan fingerprint density at radius 2 is 2.11 bits per heavy atom. The van der Waals surface area contributed by atoms with E-state index in [0.29, 0.717) is 0 Å². The van der Waals surface area contributed by atoms with Crippen molar-refractivity contribution in [1.29, 1.82) is 0 Å². The number of aromatic nitrogens is 2. The van der Waals surface area contributed by atoms with E-state index in [9.17, 15) is 14.7 Å². The van der Waals surface area contributed by atoms with Crippen molar-refractivity contribution in [2.75, 3.05) is 5.32 Å². The van der Waals surface area contributed by atoms with Gasteiger partial charge in [-0.3, -0.25) is 4.79 Å². The Kier molecular flexibility index (Phi) is 2.96. The summed E-state index contributed by atoms with van der Waals surface area (Å²) < 4.78 is 0. The number of H-pyrrole nitrogens is 1. The number of rotatable bonds is 3. The fourth-order valence-electron chi connectivity index (χ4n) is 1.36. The van der Waals surface area contributed by atoms with Gasteiger partial charge in [0.15, 0.2) is 0 Å². The summed E-state index contributed by atoms with van der Waals surface area (Å²) in [5.41, 5.74) is 0.238. The van der Waals surface area contributed by atoms with Gasteiger partial charge in [0, 0.05) is 5.69 Å². The number of nitrogens with zero attached hydrogens (tertiary/aromatic N) is 1. The van der Waals surface area contributed by atoms with E-state index in [1.807, 2.05) is 0 Å². The molecule has 0 saturated heterocycles. The molecule has 0 radical (unpaired) electrons. The Morgan fingerprint density at radius 3 is 2.72 bits per heavy atom. The first-order valence-electron chi connectivity index (χ1n) is 4.94. The summed E-state index contributed by atoms with van der Waals surface area (Å²) >= 11 is 0. The highest BCUT2D eigenvalue weighted by molar-refractivity contribution is 6.03. The van der Waals surface area contributed by atoms with Gasteiger partial charge in [0.1, 0.15) is 17.0 Å². The van der Waals surface area contributed by atoms with E-state index in [1.54, 1.807) is 0 Å². The van der Waals surface area contributed by atoms with Crippen molar-refractivity contribution < 1.29 is 19.8 Å². The van der Waals surface area contributed by atoms with Crippen LogP contribution in [0.2, 0.25) is 0 Å². The van der Waals surface area contributed by atoms with Crippen molar-refractivity contribution in [3.05, 3.63) is 42.0 Å². The second kappa shape index (κ2) is 4.58. The predicted molar refractivity (Wildman–Crippen MR) is 61.6 cm³/mol. The third-order valence-corrected chi connectivity index (χ3v) is 2.23. The number of amides is 1. The van der Waals surface area contributed by atoms with Crippen molar-refractivity contribution in [1.82, 2.24) is 9.97 Å². The molecule has 7 heteroatoms. The number of carboxylic acid groups (broad SMARTS) is 1. The molecule has 0 spiro atoms. The number of aromatic carboxylic acids is 1. The number of carboxylic acids is 1. The molecule has 1 heterocycles. The third-order valence-electron chi connectivity index (χ3n) is 2.23. The highest BCUT2D eigenvalue weighted by Gasteiger charge is 2.12. The number of hydrogen-bond donors (Lipinski definition) is 4. The van der Waals surface area contributed by atoms with Gasteiger partial charge in [-0.15, -0.1) is 0 Å². The van der Waals surface area contributed by atoms with Crippen molar-refractivity contribution in [3.8, 4) is 5.75 Å². The Labute approximate surface area is 101 Å². The number of imidazole rings is 1. The lowest BCUT2D eigenvalue weighted by atomic mass is 10.2. The summed E-state index contributed by atoms with van der Waals surface area (Å²) in [6, 6.07) is 3.77. The Morgan fingerprint density at radius 1 is 1.33 bits per heavy atom. The molecule has 1 amide bonds. The molecular formula is C11H9N3O4. The molecule has 2 rings (SSSR count). The molecule has 0 atom stereocenters. The molecule has 1 aromatic heterocycles. The lowest BCUT2D eigenvalue weighted by Crippen LogP contribution is -2.12. The van der Waals surface area contributed by atoms with Gasteiger partial charge in [-0.25, -0.2) is 9.78 Å². The molecule has 0 bridgehead atoms. The van der Waals surface area contributed by atoms with Gasteiger partial charge in [-0.05, 0) is 18.2 Å². The number of benzene rings is 1. The first kappa shape index (κ1) is 11.6. The number of nitrogens with one attached hydrogen (secondary N) is 2. The number of phenols is 1. The van der Waals surface area contributed by atoms with Crippen LogP contribution < -0.4 is 5.32 Å². The van der Waals surface area contributed by atoms with Gasteiger partial charge in [-0.2, -0.15) is 0 Å². The van der Waals surface area contributed by atoms with Gasteiger partial charge >= 0.3 is 5.97 Å². The minimum Gasteiger partial charge on any atom is -0.507 e. The van der Waals surface area contributed by atoms with E-state index in [-0.39, 0.29) is 22.7 Å². The van der Waals surface area contributed by atoms with Crippen LogP contribution in [0.25, 0.3) is 0 Å². The van der Waals surface area contributed by atoms with E-state index < -0.39 is 11.9 Å². The largest absolute Gasteiger partial charge is 0.507 e. The number of carbonyl (C=O) groups excluding carboxylic acids is 1. The van der Waals surface area contributed by atoms with E-state index in [4.69, 9.17) is 5.11 Å². The van der Waals surface area contributed by atoms with Crippen molar-refractivity contribution >= 4 is 17.6 Å². The number of hydrogen-bond acceptors (Lipinski definition) is 4. The Bertz CT molecular complexity index is 592. The maximum absolute atomic E-state index is 11.6. The van der Waals surface area contributed by atoms with Crippen LogP contribution in [-0.4, -0.2) is 32.1 Å². The van der Waals surface area contributed by atoms with Crippen LogP contribution in [0.1, 0.15) is 20.8 Å². The zero-order valence-corrected chi connectivity index (χ0v) is 9.04. The molecule has 0 saturated carbocycles. The first-order chi connectivity index (χ1) is 8.58. The monoisotopic (exact) mass is 247 g/mol. The van der Waals surface area contributed by atoms with Gasteiger partial charge in [0.05, 0.1) is 12.5 Å². The number of aromatic hydroxyl groups is 1. The zero-order valence-electron chi connectivity index (χ0n) is 9.04. The van der Waals surface area contributed by atoms with E-state index >= 15 is 0 Å². The molecule has 18 heavy (non-hydrogen) atoms. The van der Waals surface area contributed by atoms with Gasteiger partial charge in [0.25, 0.3) is 5.91 Å². The van der Waals surface area contributed by atoms with Crippen LogP contribution in [0, 0.1) is 0 Å². The molecule has 0 aliphatic rings. The third kappa shape index (κ3) is 2.29. The molecule has 2 aromatic rings. The predicted octanol–water partition coefficient (Wildman–Crippen LogP) is 1.07. The van der Waals surface area contributed by atoms with Gasteiger partial charge in [-0.1, -0.05) is 0 Å². The minimum absolute atomic E-state index is 0.250. The van der Waals surface area contributed by atoms with Crippen LogP contribution in [0.4, 0.5) is 5.69 Å². The van der Waals surface area contributed by atoms with Gasteiger partial charge in [0.2, 0.25) is 0 Å². The molecule has 0 unspecified atom stereocenters. The van der Waals surface area contributed by atoms with Gasteiger partial charge < -0.3 is 20.5 Å². The molecular weight excluding hydrogens is 238 g/mol. The van der Waals surface area contributed by atoms with Crippen molar-refractivity contribution in [3.63, 3.8) is 0 Å². The SMILES string of the molecule is O=C(Nc1ccc(O)c(C(=O)O)c1)c1cnc[nH]1. The van der Waals surface area contributed by atoms with E-state index in [0.717, 1.165) is 0 Å². The summed E-state index contributed by atoms with van der Waals surface area (Å²) in [5, 5.41) is 20.6.